The Hall–Kier alpha value is -3.26. The smallest absolute Gasteiger partial charge is 0.136 e. The number of ether oxygens (including phenoxy) is 2. The molecule has 2 aromatic carbocycles. The summed E-state index contributed by atoms with van der Waals surface area (Å²) in [7, 11) is 0. The van der Waals surface area contributed by atoms with Gasteiger partial charge in [0.1, 0.15) is 18.2 Å². The molecule has 1 atom stereocenters. The van der Waals surface area contributed by atoms with E-state index in [1.807, 2.05) is 12.3 Å². The number of imidazole rings is 1. The monoisotopic (exact) mass is 455 g/mol. The van der Waals surface area contributed by atoms with Gasteiger partial charge in [0.15, 0.2) is 0 Å². The Morgan fingerprint density at radius 3 is 2.62 bits per heavy atom. The lowest BCUT2D eigenvalue weighted by Crippen LogP contribution is -2.39. The van der Waals surface area contributed by atoms with Gasteiger partial charge in [0, 0.05) is 37.9 Å². The fraction of sp³-hybridized carbons (Fsp3) is 0.333. The van der Waals surface area contributed by atoms with Crippen LogP contribution in [-0.4, -0.2) is 65.4 Å². The largest absolute Gasteiger partial charge is 0.379 e. The van der Waals surface area contributed by atoms with Gasteiger partial charge in [-0.2, -0.15) is 0 Å². The van der Waals surface area contributed by atoms with Gasteiger partial charge in [-0.05, 0) is 35.4 Å². The highest BCUT2D eigenvalue weighted by Crippen LogP contribution is 2.32. The van der Waals surface area contributed by atoms with Crippen molar-refractivity contribution in [2.24, 2.45) is 0 Å². The van der Waals surface area contributed by atoms with Gasteiger partial charge in [-0.3, -0.25) is 4.90 Å². The van der Waals surface area contributed by atoms with Gasteiger partial charge in [-0.1, -0.05) is 36.4 Å². The molecule has 4 heterocycles. The van der Waals surface area contributed by atoms with Crippen LogP contribution in [-0.2, 0) is 16.1 Å². The molecular weight excluding hydrogens is 426 g/mol. The van der Waals surface area contributed by atoms with Crippen LogP contribution in [0.2, 0.25) is 0 Å². The van der Waals surface area contributed by atoms with Crippen molar-refractivity contribution in [3.05, 3.63) is 78.2 Å². The zero-order valence-corrected chi connectivity index (χ0v) is 19.2. The Morgan fingerprint density at radius 2 is 1.79 bits per heavy atom. The topological polar surface area (TPSA) is 64.4 Å². The normalized spacial score (nSPS) is 18.6. The molecule has 7 heteroatoms. The molecule has 4 aromatic rings. The van der Waals surface area contributed by atoms with E-state index in [2.05, 4.69) is 74.4 Å². The van der Waals surface area contributed by atoms with Crippen molar-refractivity contribution in [1.29, 1.82) is 0 Å². The Balaban J connectivity index is 1.22. The zero-order valence-electron chi connectivity index (χ0n) is 19.2. The highest BCUT2D eigenvalue weighted by Gasteiger charge is 2.25. The first kappa shape index (κ1) is 21.3. The van der Waals surface area contributed by atoms with Crippen LogP contribution in [0, 0.1) is 0 Å². The van der Waals surface area contributed by atoms with Gasteiger partial charge in [0.05, 0.1) is 36.9 Å². The number of rotatable bonds is 6. The molecule has 0 amide bonds. The molecule has 0 aliphatic carbocycles. The lowest BCUT2D eigenvalue weighted by Gasteiger charge is -2.26. The number of benzene rings is 2. The summed E-state index contributed by atoms with van der Waals surface area (Å²) in [6, 6.07) is 21.3. The van der Waals surface area contributed by atoms with Crippen LogP contribution in [0.15, 0.2) is 66.9 Å². The standard InChI is InChI=1S/C27H29N5O2/c1-2-4-20(5-3-1)25-18-34-19-27-30-23-8-6-21(16-24(23)32(25)27)22-7-9-26(29-17-22)28-10-11-31-12-14-33-15-13-31/h1-9,16-17,25H,10-15,18-19H2,(H,28,29). The third kappa shape index (κ3) is 4.30. The van der Waals surface area contributed by atoms with E-state index in [1.54, 1.807) is 0 Å². The fourth-order valence-electron chi connectivity index (χ4n) is 4.86. The van der Waals surface area contributed by atoms with Gasteiger partial charge in [-0.25, -0.2) is 9.97 Å². The zero-order chi connectivity index (χ0) is 22.7. The number of pyridine rings is 1. The summed E-state index contributed by atoms with van der Waals surface area (Å²) in [5.74, 6) is 1.88. The van der Waals surface area contributed by atoms with Crippen LogP contribution in [0.25, 0.3) is 22.2 Å². The molecule has 1 saturated heterocycles. The van der Waals surface area contributed by atoms with Crippen molar-refractivity contribution in [3.8, 4) is 11.1 Å². The van der Waals surface area contributed by atoms with Crippen LogP contribution >= 0.6 is 0 Å². The second-order valence-electron chi connectivity index (χ2n) is 8.86. The predicted molar refractivity (Wildman–Crippen MR) is 133 cm³/mol. The summed E-state index contributed by atoms with van der Waals surface area (Å²) in [6.07, 6.45) is 1.95. The molecule has 0 radical (unpaired) electrons. The summed E-state index contributed by atoms with van der Waals surface area (Å²) >= 11 is 0. The van der Waals surface area contributed by atoms with E-state index in [-0.39, 0.29) is 6.04 Å². The molecule has 34 heavy (non-hydrogen) atoms. The third-order valence-corrected chi connectivity index (χ3v) is 6.70. The molecule has 6 rings (SSSR count). The van der Waals surface area contributed by atoms with Crippen molar-refractivity contribution in [1.82, 2.24) is 19.4 Å². The first-order valence-corrected chi connectivity index (χ1v) is 12.0. The lowest BCUT2D eigenvalue weighted by atomic mass is 10.0. The molecule has 1 unspecified atom stereocenters. The van der Waals surface area contributed by atoms with Crippen molar-refractivity contribution in [2.45, 2.75) is 12.6 Å². The maximum atomic E-state index is 5.88. The Kier molecular flexibility index (Phi) is 5.97. The molecule has 174 valence electrons. The summed E-state index contributed by atoms with van der Waals surface area (Å²) in [4.78, 5) is 11.9. The second kappa shape index (κ2) is 9.54. The van der Waals surface area contributed by atoms with E-state index in [0.717, 1.165) is 73.2 Å². The fourth-order valence-corrected chi connectivity index (χ4v) is 4.86. The SMILES string of the molecule is c1ccc(C2COCc3nc4ccc(-c5ccc(NCCN6CCOCC6)nc5)cc4n32)cc1. The molecule has 0 saturated carbocycles. The Morgan fingerprint density at radius 1 is 0.941 bits per heavy atom. The van der Waals surface area contributed by atoms with E-state index < -0.39 is 0 Å². The minimum atomic E-state index is 0.126. The summed E-state index contributed by atoms with van der Waals surface area (Å²) < 4.78 is 13.6. The predicted octanol–water partition coefficient (Wildman–Crippen LogP) is 3.96. The molecule has 2 aromatic heterocycles. The van der Waals surface area contributed by atoms with Crippen LogP contribution in [0.3, 0.4) is 0 Å². The van der Waals surface area contributed by atoms with Gasteiger partial charge in [-0.15, -0.1) is 0 Å². The third-order valence-electron chi connectivity index (χ3n) is 6.70. The highest BCUT2D eigenvalue weighted by atomic mass is 16.5. The first-order chi connectivity index (χ1) is 16.8. The minimum absolute atomic E-state index is 0.126. The van der Waals surface area contributed by atoms with Crippen LogP contribution in [0.4, 0.5) is 5.82 Å². The summed E-state index contributed by atoms with van der Waals surface area (Å²) in [5.41, 5.74) is 5.61. The van der Waals surface area contributed by atoms with Crippen molar-refractivity contribution < 1.29 is 9.47 Å². The second-order valence-corrected chi connectivity index (χ2v) is 8.86. The number of fused-ring (bicyclic) bond motifs is 3. The van der Waals surface area contributed by atoms with E-state index in [4.69, 9.17) is 14.5 Å². The van der Waals surface area contributed by atoms with E-state index in [1.165, 1.54) is 5.56 Å². The van der Waals surface area contributed by atoms with Gasteiger partial charge in [0.25, 0.3) is 0 Å². The molecule has 1 N–H and O–H groups in total. The van der Waals surface area contributed by atoms with Gasteiger partial charge < -0.3 is 19.4 Å². The van der Waals surface area contributed by atoms with Crippen LogP contribution in [0.5, 0.6) is 0 Å². The molecule has 2 aliphatic heterocycles. The molecule has 0 bridgehead atoms. The first-order valence-electron chi connectivity index (χ1n) is 12.0. The lowest BCUT2D eigenvalue weighted by molar-refractivity contribution is 0.0398. The Labute approximate surface area is 199 Å². The quantitative estimate of drug-likeness (QED) is 0.475. The van der Waals surface area contributed by atoms with E-state index in [9.17, 15) is 0 Å². The number of hydrogen-bond donors (Lipinski definition) is 1. The number of hydrogen-bond acceptors (Lipinski definition) is 6. The van der Waals surface area contributed by atoms with Crippen molar-refractivity contribution in [3.63, 3.8) is 0 Å². The van der Waals surface area contributed by atoms with Gasteiger partial charge in [0.2, 0.25) is 0 Å². The molecule has 7 nitrogen and oxygen atoms in total. The number of aromatic nitrogens is 3. The van der Waals surface area contributed by atoms with Crippen LogP contribution in [0.1, 0.15) is 17.4 Å². The van der Waals surface area contributed by atoms with Crippen molar-refractivity contribution in [2.75, 3.05) is 51.3 Å². The minimum Gasteiger partial charge on any atom is -0.379 e. The summed E-state index contributed by atoms with van der Waals surface area (Å²) in [5, 5.41) is 3.44. The maximum absolute atomic E-state index is 5.88. The van der Waals surface area contributed by atoms with E-state index >= 15 is 0 Å². The molecular formula is C27H29N5O2. The van der Waals surface area contributed by atoms with E-state index in [0.29, 0.717) is 13.2 Å². The number of nitrogens with one attached hydrogen (secondary N) is 1. The number of morpholine rings is 1. The maximum Gasteiger partial charge on any atom is 0.136 e. The Bertz CT molecular complexity index is 1250. The molecule has 2 aliphatic rings. The van der Waals surface area contributed by atoms with Crippen molar-refractivity contribution >= 4 is 16.9 Å². The van der Waals surface area contributed by atoms with Gasteiger partial charge >= 0.3 is 0 Å². The average molecular weight is 456 g/mol. The number of nitrogens with zero attached hydrogens (tertiary/aromatic N) is 4. The molecule has 0 spiro atoms. The number of anilines is 1. The van der Waals surface area contributed by atoms with Crippen LogP contribution < -0.4 is 5.32 Å². The summed E-state index contributed by atoms with van der Waals surface area (Å²) in [6.45, 7) is 6.75. The average Bonchev–Trinajstić information content (AvgIpc) is 3.28. The highest BCUT2D eigenvalue weighted by molar-refractivity contribution is 5.83. The molecule has 1 fully saturated rings.